The summed E-state index contributed by atoms with van der Waals surface area (Å²) >= 11 is 0. The fraction of sp³-hybridized carbons (Fsp3) is 0.182. The zero-order valence-electron chi connectivity index (χ0n) is 16.7. The number of hydrogen-bond donors (Lipinski definition) is 4. The average Bonchev–Trinajstić information content (AvgIpc) is 3.34. The molecule has 4 rings (SSSR count). The molecule has 4 aromatic rings. The molecular weight excluding hydrogens is 380 g/mol. The summed E-state index contributed by atoms with van der Waals surface area (Å²) in [5.74, 6) is 0.712. The number of aryl methyl sites for hydroxylation is 1. The molecule has 152 valence electrons. The Labute approximate surface area is 173 Å². The molecule has 0 radical (unpaired) electrons. The zero-order chi connectivity index (χ0) is 21.1. The highest BCUT2D eigenvalue weighted by Gasteiger charge is 2.22. The van der Waals surface area contributed by atoms with E-state index in [-0.39, 0.29) is 11.8 Å². The van der Waals surface area contributed by atoms with Gasteiger partial charge in [0.05, 0.1) is 0 Å². The molecule has 0 spiro atoms. The molecule has 8 nitrogen and oxygen atoms in total. The normalized spacial score (nSPS) is 11.9. The van der Waals surface area contributed by atoms with E-state index in [9.17, 15) is 9.59 Å². The van der Waals surface area contributed by atoms with E-state index in [2.05, 4.69) is 30.8 Å². The second-order valence-corrected chi connectivity index (χ2v) is 7.13. The second kappa shape index (κ2) is 8.20. The van der Waals surface area contributed by atoms with Gasteiger partial charge in [-0.15, -0.1) is 0 Å². The lowest BCUT2D eigenvalue weighted by Crippen LogP contribution is -2.44. The number of fused-ring (bicyclic) bond motifs is 1. The molecule has 0 saturated heterocycles. The first kappa shape index (κ1) is 19.4. The molecule has 0 fully saturated rings. The van der Waals surface area contributed by atoms with Crippen LogP contribution in [-0.4, -0.2) is 38.0 Å². The van der Waals surface area contributed by atoms with Crippen molar-refractivity contribution in [1.29, 1.82) is 0 Å². The molecule has 2 heterocycles. The largest absolute Gasteiger partial charge is 0.361 e. The number of anilines is 1. The molecule has 30 heavy (non-hydrogen) atoms. The molecule has 0 aliphatic heterocycles. The summed E-state index contributed by atoms with van der Waals surface area (Å²) in [5, 5.41) is 13.6. The number of hydrogen-bond acceptors (Lipinski definition) is 4. The van der Waals surface area contributed by atoms with Crippen LogP contribution in [0.1, 0.15) is 18.3 Å². The second-order valence-electron chi connectivity index (χ2n) is 7.13. The predicted octanol–water partition coefficient (Wildman–Crippen LogP) is 2.95. The lowest BCUT2D eigenvalue weighted by atomic mass is 10.0. The summed E-state index contributed by atoms with van der Waals surface area (Å²) in [5.41, 5.74) is 3.34. The van der Waals surface area contributed by atoms with Crippen LogP contribution in [0.3, 0.4) is 0 Å². The number of aromatic amines is 2. The Morgan fingerprint density at radius 2 is 1.97 bits per heavy atom. The van der Waals surface area contributed by atoms with Crippen LogP contribution in [0, 0.1) is 6.92 Å². The number of benzene rings is 2. The number of nitrogens with one attached hydrogen (secondary N) is 4. The maximum Gasteiger partial charge on any atom is 0.247 e. The summed E-state index contributed by atoms with van der Waals surface area (Å²) in [6.07, 6.45) is 2.24. The van der Waals surface area contributed by atoms with Gasteiger partial charge in [0.2, 0.25) is 11.8 Å². The Kier molecular flexibility index (Phi) is 5.30. The molecule has 1 atom stereocenters. The predicted molar refractivity (Wildman–Crippen MR) is 115 cm³/mol. The van der Waals surface area contributed by atoms with Crippen LogP contribution < -0.4 is 10.6 Å². The van der Waals surface area contributed by atoms with Gasteiger partial charge in [0.1, 0.15) is 11.9 Å². The van der Waals surface area contributed by atoms with Gasteiger partial charge in [-0.1, -0.05) is 30.3 Å². The van der Waals surface area contributed by atoms with Gasteiger partial charge >= 0.3 is 0 Å². The maximum absolute atomic E-state index is 13.0. The van der Waals surface area contributed by atoms with Gasteiger partial charge in [-0.3, -0.25) is 14.7 Å². The van der Waals surface area contributed by atoms with Crippen molar-refractivity contribution < 1.29 is 9.59 Å². The van der Waals surface area contributed by atoms with Crippen molar-refractivity contribution in [2.45, 2.75) is 26.3 Å². The lowest BCUT2D eigenvalue weighted by Gasteiger charge is -2.17. The zero-order valence-corrected chi connectivity index (χ0v) is 16.7. The van der Waals surface area contributed by atoms with Crippen molar-refractivity contribution in [3.63, 3.8) is 0 Å². The Morgan fingerprint density at radius 3 is 2.73 bits per heavy atom. The molecule has 1 unspecified atom stereocenters. The van der Waals surface area contributed by atoms with Crippen LogP contribution in [0.5, 0.6) is 0 Å². The molecule has 8 heteroatoms. The van der Waals surface area contributed by atoms with E-state index in [0.29, 0.717) is 23.8 Å². The third kappa shape index (κ3) is 4.22. The number of amides is 2. The highest BCUT2D eigenvalue weighted by molar-refractivity contribution is 5.98. The van der Waals surface area contributed by atoms with Crippen molar-refractivity contribution in [2.24, 2.45) is 0 Å². The molecule has 0 aliphatic rings. The lowest BCUT2D eigenvalue weighted by molar-refractivity contribution is -0.125. The molecule has 2 aromatic heterocycles. The van der Waals surface area contributed by atoms with Crippen molar-refractivity contribution in [3.8, 4) is 11.4 Å². The van der Waals surface area contributed by atoms with Crippen LogP contribution in [0.25, 0.3) is 22.3 Å². The Balaban J connectivity index is 1.55. The summed E-state index contributed by atoms with van der Waals surface area (Å²) in [6.45, 7) is 3.23. The van der Waals surface area contributed by atoms with Gasteiger partial charge in [0.15, 0.2) is 5.82 Å². The van der Waals surface area contributed by atoms with Crippen LogP contribution in [0.4, 0.5) is 5.69 Å². The monoisotopic (exact) mass is 402 g/mol. The minimum atomic E-state index is -0.712. The summed E-state index contributed by atoms with van der Waals surface area (Å²) in [4.78, 5) is 32.2. The first-order valence-electron chi connectivity index (χ1n) is 9.62. The smallest absolute Gasteiger partial charge is 0.247 e. The summed E-state index contributed by atoms with van der Waals surface area (Å²) < 4.78 is 0. The molecular formula is C22H22N6O2. The van der Waals surface area contributed by atoms with E-state index in [1.807, 2.05) is 49.5 Å². The number of para-hydroxylation sites is 1. The van der Waals surface area contributed by atoms with Gasteiger partial charge in [-0.2, -0.15) is 5.10 Å². The summed E-state index contributed by atoms with van der Waals surface area (Å²) in [6, 6.07) is 14.4. The van der Waals surface area contributed by atoms with Gasteiger partial charge in [0.25, 0.3) is 0 Å². The highest BCUT2D eigenvalue weighted by Crippen LogP contribution is 2.21. The Hall–Kier alpha value is -3.94. The molecule has 2 aromatic carbocycles. The van der Waals surface area contributed by atoms with Gasteiger partial charge in [-0.05, 0) is 30.7 Å². The molecule has 2 amide bonds. The third-order valence-electron chi connectivity index (χ3n) is 4.78. The fourth-order valence-corrected chi connectivity index (χ4v) is 3.41. The highest BCUT2D eigenvalue weighted by atomic mass is 16.2. The van der Waals surface area contributed by atoms with Gasteiger partial charge < -0.3 is 15.6 Å². The average molecular weight is 402 g/mol. The fourth-order valence-electron chi connectivity index (χ4n) is 3.41. The Morgan fingerprint density at radius 1 is 1.13 bits per heavy atom. The van der Waals surface area contributed by atoms with Crippen LogP contribution >= 0.6 is 0 Å². The van der Waals surface area contributed by atoms with Crippen LogP contribution in [0.2, 0.25) is 0 Å². The number of carbonyl (C=O) groups excluding carboxylic acids is 2. The first-order chi connectivity index (χ1) is 14.5. The van der Waals surface area contributed by atoms with Crippen molar-refractivity contribution in [2.75, 3.05) is 5.32 Å². The van der Waals surface area contributed by atoms with E-state index in [1.165, 1.54) is 6.92 Å². The van der Waals surface area contributed by atoms with Crippen LogP contribution in [-0.2, 0) is 16.0 Å². The van der Waals surface area contributed by atoms with E-state index in [4.69, 9.17) is 0 Å². The minimum Gasteiger partial charge on any atom is -0.361 e. The van der Waals surface area contributed by atoms with Crippen LogP contribution in [0.15, 0.2) is 54.7 Å². The quantitative estimate of drug-likeness (QED) is 0.397. The van der Waals surface area contributed by atoms with E-state index >= 15 is 0 Å². The van der Waals surface area contributed by atoms with Gasteiger partial charge in [0, 0.05) is 41.7 Å². The number of aromatic nitrogens is 4. The number of H-pyrrole nitrogens is 2. The van der Waals surface area contributed by atoms with Gasteiger partial charge in [-0.25, -0.2) is 4.98 Å². The maximum atomic E-state index is 13.0. The number of nitrogens with zero attached hydrogens (tertiary/aromatic N) is 2. The van der Waals surface area contributed by atoms with E-state index in [0.717, 1.165) is 22.0 Å². The molecule has 0 saturated carbocycles. The molecule has 0 aliphatic carbocycles. The SMILES string of the molecule is CC(=O)NC(Cc1c[nH]c2ccccc12)C(=O)Nc1cccc(-c2n[nH]c(C)n2)c1. The topological polar surface area (TPSA) is 116 Å². The molecule has 0 bridgehead atoms. The van der Waals surface area contributed by atoms with Crippen molar-refractivity contribution in [3.05, 3.63) is 66.1 Å². The first-order valence-corrected chi connectivity index (χ1v) is 9.62. The molecule has 4 N–H and O–H groups in total. The number of rotatable bonds is 6. The summed E-state index contributed by atoms with van der Waals surface area (Å²) in [7, 11) is 0. The van der Waals surface area contributed by atoms with Crippen molar-refractivity contribution >= 4 is 28.4 Å². The van der Waals surface area contributed by atoms with Crippen molar-refractivity contribution in [1.82, 2.24) is 25.5 Å². The Bertz CT molecular complexity index is 1210. The standard InChI is InChI=1S/C22H22N6O2/c1-13-24-21(28-27-13)15-6-5-7-17(10-15)26-22(30)20(25-14(2)29)11-16-12-23-19-9-4-3-8-18(16)19/h3-10,12,20,23H,11H2,1-2H3,(H,25,29)(H,26,30)(H,24,27,28). The number of carbonyl (C=O) groups is 2. The third-order valence-corrected chi connectivity index (χ3v) is 4.78. The van der Waals surface area contributed by atoms with E-state index < -0.39 is 6.04 Å². The minimum absolute atomic E-state index is 0.264. The van der Waals surface area contributed by atoms with E-state index in [1.54, 1.807) is 12.1 Å².